The lowest BCUT2D eigenvalue weighted by Gasteiger charge is -2.14. The highest BCUT2D eigenvalue weighted by molar-refractivity contribution is 5.98. The summed E-state index contributed by atoms with van der Waals surface area (Å²) in [5.41, 5.74) is 0.840. The molecule has 2 heterocycles. The molecule has 0 aliphatic heterocycles. The number of hydrogen-bond acceptors (Lipinski definition) is 4. The van der Waals surface area contributed by atoms with E-state index in [0.29, 0.717) is 22.2 Å². The first-order valence-corrected chi connectivity index (χ1v) is 9.77. The van der Waals surface area contributed by atoms with Crippen molar-refractivity contribution < 1.29 is 22.7 Å². The average molecular weight is 437 g/mol. The van der Waals surface area contributed by atoms with E-state index in [9.17, 15) is 18.0 Å². The number of halogens is 3. The molecule has 1 N–H and O–H groups in total. The van der Waals surface area contributed by atoms with Crippen LogP contribution < -0.4 is 10.1 Å². The summed E-state index contributed by atoms with van der Waals surface area (Å²) in [5, 5.41) is 3.54. The predicted octanol–water partition coefficient (Wildman–Crippen LogP) is 5.93. The lowest BCUT2D eigenvalue weighted by Crippen LogP contribution is -2.27. The zero-order valence-corrected chi connectivity index (χ0v) is 16.9. The fraction of sp³-hybridized carbons (Fsp3) is 0.125. The van der Waals surface area contributed by atoms with Gasteiger partial charge in [-0.05, 0) is 55.5 Å². The van der Waals surface area contributed by atoms with Crippen LogP contribution in [0.5, 0.6) is 11.5 Å². The zero-order valence-electron chi connectivity index (χ0n) is 16.9. The van der Waals surface area contributed by atoms with Gasteiger partial charge in [0.05, 0.1) is 22.9 Å². The normalized spacial score (nSPS) is 12.4. The van der Waals surface area contributed by atoms with E-state index in [2.05, 4.69) is 15.3 Å². The number of carbonyl (C=O) groups is 1. The van der Waals surface area contributed by atoms with E-state index in [1.54, 1.807) is 36.5 Å². The van der Waals surface area contributed by atoms with E-state index >= 15 is 0 Å². The smallest absolute Gasteiger partial charge is 0.416 e. The number of para-hydroxylation sites is 1. The van der Waals surface area contributed by atoms with Crippen molar-refractivity contribution >= 4 is 16.8 Å². The highest BCUT2D eigenvalue weighted by atomic mass is 19.4. The Kier molecular flexibility index (Phi) is 5.77. The van der Waals surface area contributed by atoms with Gasteiger partial charge in [-0.15, -0.1) is 0 Å². The molecule has 0 unspecified atom stereocenters. The third kappa shape index (κ3) is 4.69. The molecule has 32 heavy (non-hydrogen) atoms. The molecule has 0 radical (unpaired) electrons. The number of benzene rings is 2. The van der Waals surface area contributed by atoms with Gasteiger partial charge in [0.25, 0.3) is 5.91 Å². The molecule has 1 amide bonds. The second kappa shape index (κ2) is 8.66. The molecule has 2 aromatic carbocycles. The van der Waals surface area contributed by atoms with E-state index in [4.69, 9.17) is 4.74 Å². The molecule has 0 aliphatic rings. The van der Waals surface area contributed by atoms with Crippen molar-refractivity contribution in [2.75, 3.05) is 0 Å². The zero-order chi connectivity index (χ0) is 22.7. The molecule has 0 bridgehead atoms. The molecule has 162 valence electrons. The van der Waals surface area contributed by atoms with Crippen molar-refractivity contribution in [1.82, 2.24) is 15.3 Å². The number of nitrogens with one attached hydrogen (secondary N) is 1. The monoisotopic (exact) mass is 437 g/mol. The van der Waals surface area contributed by atoms with Crippen LogP contribution in [0.3, 0.4) is 0 Å². The third-order valence-electron chi connectivity index (χ3n) is 4.82. The standard InChI is InChI=1S/C24H18F3N3O2/c1-15(20-6-2-3-12-28-20)30-23(31)17-13-16-5-4-7-21(22(16)29-14-17)32-19-10-8-18(9-11-19)24(25,26)27/h2-15H,1H3,(H,30,31)/t15-/m0/s1. The molecule has 0 spiro atoms. The number of rotatable bonds is 5. The van der Waals surface area contributed by atoms with E-state index in [0.717, 1.165) is 17.8 Å². The quantitative estimate of drug-likeness (QED) is 0.420. The van der Waals surface area contributed by atoms with Crippen LogP contribution in [0.1, 0.15) is 34.6 Å². The summed E-state index contributed by atoms with van der Waals surface area (Å²) in [6, 6.07) is 16.5. The van der Waals surface area contributed by atoms with Gasteiger partial charge in [-0.2, -0.15) is 13.2 Å². The number of carbonyl (C=O) groups excluding carboxylic acids is 1. The Morgan fingerprint density at radius 3 is 2.47 bits per heavy atom. The van der Waals surface area contributed by atoms with E-state index in [1.807, 2.05) is 19.1 Å². The van der Waals surface area contributed by atoms with Crippen LogP contribution >= 0.6 is 0 Å². The van der Waals surface area contributed by atoms with Gasteiger partial charge < -0.3 is 10.1 Å². The molecular weight excluding hydrogens is 419 g/mol. The summed E-state index contributed by atoms with van der Waals surface area (Å²) >= 11 is 0. The summed E-state index contributed by atoms with van der Waals surface area (Å²) in [5.74, 6) is 0.320. The number of ether oxygens (including phenoxy) is 1. The number of pyridine rings is 2. The van der Waals surface area contributed by atoms with Crippen LogP contribution in [0.2, 0.25) is 0 Å². The molecule has 0 saturated heterocycles. The lowest BCUT2D eigenvalue weighted by atomic mass is 10.1. The Bertz CT molecular complexity index is 1240. The van der Waals surface area contributed by atoms with Crippen molar-refractivity contribution in [3.63, 3.8) is 0 Å². The summed E-state index contributed by atoms with van der Waals surface area (Å²) in [4.78, 5) is 21.2. The number of fused-ring (bicyclic) bond motifs is 1. The minimum atomic E-state index is -4.41. The van der Waals surface area contributed by atoms with Crippen LogP contribution in [-0.4, -0.2) is 15.9 Å². The Balaban J connectivity index is 1.54. The van der Waals surface area contributed by atoms with Crippen molar-refractivity contribution in [2.45, 2.75) is 19.1 Å². The average Bonchev–Trinajstić information content (AvgIpc) is 2.79. The first-order chi connectivity index (χ1) is 15.3. The highest BCUT2D eigenvalue weighted by Crippen LogP contribution is 2.33. The van der Waals surface area contributed by atoms with Crippen molar-refractivity contribution in [2.24, 2.45) is 0 Å². The van der Waals surface area contributed by atoms with Crippen molar-refractivity contribution in [3.8, 4) is 11.5 Å². The number of hydrogen-bond donors (Lipinski definition) is 1. The molecule has 4 rings (SSSR count). The lowest BCUT2D eigenvalue weighted by molar-refractivity contribution is -0.137. The van der Waals surface area contributed by atoms with E-state index in [-0.39, 0.29) is 17.7 Å². The number of nitrogens with zero attached hydrogens (tertiary/aromatic N) is 2. The largest absolute Gasteiger partial charge is 0.455 e. The summed E-state index contributed by atoms with van der Waals surface area (Å²) in [6.45, 7) is 1.84. The number of amides is 1. The SMILES string of the molecule is C[C@H](NC(=O)c1cnc2c(Oc3ccc(C(F)(F)F)cc3)cccc2c1)c1ccccn1. The van der Waals surface area contributed by atoms with Gasteiger partial charge >= 0.3 is 6.18 Å². The van der Waals surface area contributed by atoms with Crippen LogP contribution in [0.25, 0.3) is 10.9 Å². The Morgan fingerprint density at radius 2 is 1.78 bits per heavy atom. The van der Waals surface area contributed by atoms with Crippen molar-refractivity contribution in [3.05, 3.63) is 95.9 Å². The van der Waals surface area contributed by atoms with Gasteiger partial charge in [0.1, 0.15) is 11.3 Å². The van der Waals surface area contributed by atoms with Crippen molar-refractivity contribution in [1.29, 1.82) is 0 Å². The molecule has 0 aliphatic carbocycles. The Morgan fingerprint density at radius 1 is 1.00 bits per heavy atom. The first-order valence-electron chi connectivity index (χ1n) is 9.77. The van der Waals surface area contributed by atoms with Gasteiger partial charge in [0, 0.05) is 17.8 Å². The minimum absolute atomic E-state index is 0.248. The maximum absolute atomic E-state index is 12.7. The van der Waals surface area contributed by atoms with Gasteiger partial charge in [-0.1, -0.05) is 18.2 Å². The Hall–Kier alpha value is -3.94. The van der Waals surface area contributed by atoms with Crippen LogP contribution in [0.15, 0.2) is 79.1 Å². The van der Waals surface area contributed by atoms with Crippen LogP contribution in [0, 0.1) is 0 Å². The predicted molar refractivity (Wildman–Crippen MR) is 113 cm³/mol. The fourth-order valence-electron chi connectivity index (χ4n) is 3.16. The molecule has 0 fully saturated rings. The fourth-order valence-corrected chi connectivity index (χ4v) is 3.16. The molecular formula is C24H18F3N3O2. The van der Waals surface area contributed by atoms with Gasteiger partial charge in [-0.25, -0.2) is 0 Å². The number of aromatic nitrogens is 2. The van der Waals surface area contributed by atoms with Gasteiger partial charge in [0.2, 0.25) is 0 Å². The van der Waals surface area contributed by atoms with Gasteiger partial charge in [-0.3, -0.25) is 14.8 Å². The molecule has 4 aromatic rings. The minimum Gasteiger partial charge on any atom is -0.455 e. The van der Waals surface area contributed by atoms with Gasteiger partial charge in [0.15, 0.2) is 5.75 Å². The van der Waals surface area contributed by atoms with Crippen LogP contribution in [0.4, 0.5) is 13.2 Å². The van der Waals surface area contributed by atoms with E-state index in [1.165, 1.54) is 18.3 Å². The van der Waals surface area contributed by atoms with E-state index < -0.39 is 11.7 Å². The maximum atomic E-state index is 12.7. The first kappa shape index (κ1) is 21.3. The summed E-state index contributed by atoms with van der Waals surface area (Å²) < 4.78 is 44.0. The summed E-state index contributed by atoms with van der Waals surface area (Å²) in [7, 11) is 0. The third-order valence-corrected chi connectivity index (χ3v) is 4.82. The Labute approximate surface area is 181 Å². The molecule has 1 atom stereocenters. The molecule has 5 nitrogen and oxygen atoms in total. The topological polar surface area (TPSA) is 64.1 Å². The maximum Gasteiger partial charge on any atom is 0.416 e. The highest BCUT2D eigenvalue weighted by Gasteiger charge is 2.30. The second-order valence-corrected chi connectivity index (χ2v) is 7.13. The van der Waals surface area contributed by atoms with Crippen LogP contribution in [-0.2, 0) is 6.18 Å². The molecule has 2 aromatic heterocycles. The second-order valence-electron chi connectivity index (χ2n) is 7.13. The number of alkyl halides is 3. The summed E-state index contributed by atoms with van der Waals surface area (Å²) in [6.07, 6.45) is -1.32. The molecule has 8 heteroatoms. The molecule has 0 saturated carbocycles.